The molecule has 10 heteroatoms. The fourth-order valence-corrected chi connectivity index (χ4v) is 5.60. The van der Waals surface area contributed by atoms with Gasteiger partial charge in [-0.15, -0.1) is 0 Å². The van der Waals surface area contributed by atoms with E-state index in [0.29, 0.717) is 50.0 Å². The van der Waals surface area contributed by atoms with Crippen molar-refractivity contribution < 1.29 is 14.5 Å². The standard InChI is InChI=1S/C23H34ClN5O4/c24-19-4-5-20(21(16-19)29(31)32)27-10-8-26(9-11-27)17-22(30)25-18-23(6-2-1-3-7-23)28-12-14-33-15-13-28/h4-5,16H,1-3,6-15,17-18H2,(H,25,30). The first kappa shape index (κ1) is 24.2. The maximum Gasteiger partial charge on any atom is 0.294 e. The number of carbonyl (C=O) groups is 1. The van der Waals surface area contributed by atoms with Crippen molar-refractivity contribution in [2.45, 2.75) is 37.6 Å². The zero-order chi connectivity index (χ0) is 23.3. The first-order chi connectivity index (χ1) is 16.0. The van der Waals surface area contributed by atoms with Crippen LogP contribution in [0.1, 0.15) is 32.1 Å². The summed E-state index contributed by atoms with van der Waals surface area (Å²) in [5, 5.41) is 15.0. The van der Waals surface area contributed by atoms with Gasteiger partial charge in [-0.3, -0.25) is 24.7 Å². The van der Waals surface area contributed by atoms with Crippen LogP contribution in [0.2, 0.25) is 5.02 Å². The normalized spacial score (nSPS) is 22.2. The SMILES string of the molecule is O=C(CN1CCN(c2ccc(Cl)cc2[N+](=O)[O-])CC1)NCC1(N2CCOCC2)CCCCC1. The van der Waals surface area contributed by atoms with Gasteiger partial charge >= 0.3 is 0 Å². The molecule has 4 rings (SSSR count). The third-order valence-corrected chi connectivity index (χ3v) is 7.53. The zero-order valence-electron chi connectivity index (χ0n) is 19.1. The minimum Gasteiger partial charge on any atom is -0.379 e. The number of nitrogens with one attached hydrogen (secondary N) is 1. The van der Waals surface area contributed by atoms with Gasteiger partial charge in [-0.25, -0.2) is 0 Å². The van der Waals surface area contributed by atoms with Gasteiger partial charge in [-0.2, -0.15) is 0 Å². The van der Waals surface area contributed by atoms with Gasteiger partial charge < -0.3 is 15.0 Å². The van der Waals surface area contributed by atoms with Crippen LogP contribution in [0.5, 0.6) is 0 Å². The number of morpholine rings is 1. The predicted molar refractivity (Wildman–Crippen MR) is 128 cm³/mol. The molecule has 2 aliphatic heterocycles. The average Bonchev–Trinajstić information content (AvgIpc) is 2.84. The summed E-state index contributed by atoms with van der Waals surface area (Å²) in [6.07, 6.45) is 5.96. The third-order valence-electron chi connectivity index (χ3n) is 7.30. The maximum atomic E-state index is 12.8. The van der Waals surface area contributed by atoms with Crippen molar-refractivity contribution >= 4 is 28.9 Å². The molecule has 1 aliphatic carbocycles. The number of carbonyl (C=O) groups excluding carboxylic acids is 1. The Kier molecular flexibility index (Phi) is 8.06. The van der Waals surface area contributed by atoms with Crippen LogP contribution in [-0.2, 0) is 9.53 Å². The minimum absolute atomic E-state index is 0.0228. The number of nitro groups is 1. The number of hydrogen-bond donors (Lipinski definition) is 1. The summed E-state index contributed by atoms with van der Waals surface area (Å²) in [5.74, 6) is 0.0548. The van der Waals surface area contributed by atoms with Crippen LogP contribution in [0.3, 0.4) is 0 Å². The van der Waals surface area contributed by atoms with Crippen LogP contribution < -0.4 is 10.2 Å². The second kappa shape index (κ2) is 11.0. The molecule has 1 aromatic rings. The lowest BCUT2D eigenvalue weighted by atomic mass is 9.79. The fraction of sp³-hybridized carbons (Fsp3) is 0.696. The van der Waals surface area contributed by atoms with Crippen molar-refractivity contribution in [3.8, 4) is 0 Å². The maximum absolute atomic E-state index is 12.8. The van der Waals surface area contributed by atoms with Gasteiger partial charge in [0, 0.05) is 62.4 Å². The number of benzene rings is 1. The van der Waals surface area contributed by atoms with Gasteiger partial charge in [-0.05, 0) is 25.0 Å². The molecule has 0 spiro atoms. The van der Waals surface area contributed by atoms with E-state index in [4.69, 9.17) is 16.3 Å². The summed E-state index contributed by atoms with van der Waals surface area (Å²) >= 11 is 5.94. The van der Waals surface area contributed by atoms with Crippen LogP contribution in [0.4, 0.5) is 11.4 Å². The van der Waals surface area contributed by atoms with Gasteiger partial charge in [0.05, 0.1) is 24.7 Å². The lowest BCUT2D eigenvalue weighted by molar-refractivity contribution is -0.384. The first-order valence-corrected chi connectivity index (χ1v) is 12.4. The van der Waals surface area contributed by atoms with Crippen LogP contribution in [0, 0.1) is 10.1 Å². The number of hydrogen-bond acceptors (Lipinski definition) is 7. The Hall–Kier alpha value is -1.94. The molecule has 1 aromatic carbocycles. The number of anilines is 1. The van der Waals surface area contributed by atoms with Crippen molar-refractivity contribution in [1.29, 1.82) is 0 Å². The van der Waals surface area contributed by atoms with Crippen molar-refractivity contribution in [2.75, 3.05) is 70.5 Å². The summed E-state index contributed by atoms with van der Waals surface area (Å²) < 4.78 is 5.54. The average molecular weight is 480 g/mol. The second-order valence-corrected chi connectivity index (χ2v) is 9.75. The molecule has 1 amide bonds. The van der Waals surface area contributed by atoms with Gasteiger partial charge in [0.1, 0.15) is 5.69 Å². The lowest BCUT2D eigenvalue weighted by Crippen LogP contribution is -2.60. The Morgan fingerprint density at radius 1 is 1.09 bits per heavy atom. The number of nitrogens with zero attached hydrogens (tertiary/aromatic N) is 4. The van der Waals surface area contributed by atoms with Gasteiger partial charge in [-0.1, -0.05) is 30.9 Å². The summed E-state index contributed by atoms with van der Waals surface area (Å²) in [6, 6.07) is 4.78. The Bertz CT molecular complexity index is 834. The smallest absolute Gasteiger partial charge is 0.294 e. The van der Waals surface area contributed by atoms with Crippen LogP contribution in [0.15, 0.2) is 18.2 Å². The van der Waals surface area contributed by atoms with E-state index in [1.807, 2.05) is 4.90 Å². The van der Waals surface area contributed by atoms with Gasteiger partial charge in [0.15, 0.2) is 0 Å². The second-order valence-electron chi connectivity index (χ2n) is 9.31. The minimum atomic E-state index is -0.392. The number of nitro benzene ring substituents is 1. The van der Waals surface area contributed by atoms with E-state index >= 15 is 0 Å². The molecule has 9 nitrogen and oxygen atoms in total. The van der Waals surface area contributed by atoms with E-state index in [0.717, 1.165) is 39.1 Å². The third kappa shape index (κ3) is 5.95. The highest BCUT2D eigenvalue weighted by Crippen LogP contribution is 2.34. The van der Waals surface area contributed by atoms with Crippen LogP contribution >= 0.6 is 11.6 Å². The molecule has 0 aromatic heterocycles. The van der Waals surface area contributed by atoms with Crippen molar-refractivity contribution in [1.82, 2.24) is 15.1 Å². The highest BCUT2D eigenvalue weighted by Gasteiger charge is 2.39. The monoisotopic (exact) mass is 479 g/mol. The van der Waals surface area contributed by atoms with E-state index in [-0.39, 0.29) is 17.1 Å². The van der Waals surface area contributed by atoms with Crippen molar-refractivity contribution in [3.63, 3.8) is 0 Å². The number of halogens is 1. The summed E-state index contributed by atoms with van der Waals surface area (Å²) in [7, 11) is 0. The molecule has 0 radical (unpaired) electrons. The summed E-state index contributed by atoms with van der Waals surface area (Å²) in [6.45, 7) is 7.10. The molecule has 1 saturated carbocycles. The molecule has 2 heterocycles. The summed E-state index contributed by atoms with van der Waals surface area (Å²) in [5.41, 5.74) is 0.664. The lowest BCUT2D eigenvalue weighted by Gasteiger charge is -2.48. The van der Waals surface area contributed by atoms with E-state index in [1.54, 1.807) is 12.1 Å². The number of rotatable bonds is 7. The predicted octanol–water partition coefficient (Wildman–Crippen LogP) is 2.52. The zero-order valence-corrected chi connectivity index (χ0v) is 19.9. The summed E-state index contributed by atoms with van der Waals surface area (Å²) in [4.78, 5) is 30.5. The van der Waals surface area contributed by atoms with E-state index in [1.165, 1.54) is 25.3 Å². The Morgan fingerprint density at radius 3 is 2.45 bits per heavy atom. The molecule has 0 atom stereocenters. The number of piperazine rings is 1. The fourth-order valence-electron chi connectivity index (χ4n) is 5.43. The highest BCUT2D eigenvalue weighted by molar-refractivity contribution is 6.30. The highest BCUT2D eigenvalue weighted by atomic mass is 35.5. The molecule has 0 unspecified atom stereocenters. The first-order valence-electron chi connectivity index (χ1n) is 12.0. The molecule has 3 fully saturated rings. The Morgan fingerprint density at radius 2 is 1.79 bits per heavy atom. The molecule has 182 valence electrons. The van der Waals surface area contributed by atoms with Crippen LogP contribution in [-0.4, -0.2) is 91.7 Å². The van der Waals surface area contributed by atoms with Crippen molar-refractivity contribution in [3.05, 3.63) is 33.3 Å². The molecule has 2 saturated heterocycles. The molecule has 1 N–H and O–H groups in total. The van der Waals surface area contributed by atoms with E-state index < -0.39 is 4.92 Å². The molecular weight excluding hydrogens is 446 g/mol. The van der Waals surface area contributed by atoms with Gasteiger partial charge in [0.2, 0.25) is 5.91 Å². The Labute approximate surface area is 200 Å². The quantitative estimate of drug-likeness (QED) is 0.474. The van der Waals surface area contributed by atoms with Crippen molar-refractivity contribution in [2.24, 2.45) is 0 Å². The molecule has 0 bridgehead atoms. The Balaban J connectivity index is 1.28. The van der Waals surface area contributed by atoms with Gasteiger partial charge in [0.25, 0.3) is 5.69 Å². The van der Waals surface area contributed by atoms with E-state index in [9.17, 15) is 14.9 Å². The molecule has 33 heavy (non-hydrogen) atoms. The molecular formula is C23H34ClN5O4. The van der Waals surface area contributed by atoms with E-state index in [2.05, 4.69) is 15.1 Å². The van der Waals surface area contributed by atoms with Crippen LogP contribution in [0.25, 0.3) is 0 Å². The largest absolute Gasteiger partial charge is 0.379 e. The topological polar surface area (TPSA) is 91.2 Å². The number of amides is 1. The number of ether oxygens (including phenoxy) is 1. The molecule has 3 aliphatic rings.